The Labute approximate surface area is 157 Å². The second kappa shape index (κ2) is 8.89. The third kappa shape index (κ3) is 4.67. The number of azo groups is 1. The second-order valence-corrected chi connectivity index (χ2v) is 6.28. The summed E-state index contributed by atoms with van der Waals surface area (Å²) in [5.41, 5.74) is 0.578. The minimum atomic E-state index is -0.849. The van der Waals surface area contributed by atoms with Crippen LogP contribution < -0.4 is 0 Å². The van der Waals surface area contributed by atoms with E-state index in [4.69, 9.17) is 0 Å². The van der Waals surface area contributed by atoms with Gasteiger partial charge < -0.3 is 10.0 Å². The van der Waals surface area contributed by atoms with Crippen LogP contribution in [0, 0.1) is 0 Å². The van der Waals surface area contributed by atoms with Gasteiger partial charge in [0.2, 0.25) is 0 Å². The Morgan fingerprint density at radius 3 is 2.07 bits per heavy atom. The lowest BCUT2D eigenvalue weighted by Crippen LogP contribution is -2.40. The van der Waals surface area contributed by atoms with E-state index in [2.05, 4.69) is 10.2 Å². The fraction of sp³-hybridized carbons (Fsp3) is 0.238. The number of likely N-dealkylation sites (tertiary alicyclic amines) is 1. The molecule has 1 fully saturated rings. The zero-order valence-electron chi connectivity index (χ0n) is 14.9. The maximum Gasteiger partial charge on any atom is 0.296 e. The van der Waals surface area contributed by atoms with Crippen molar-refractivity contribution in [2.45, 2.75) is 19.3 Å². The molecule has 0 aromatic heterocycles. The van der Waals surface area contributed by atoms with Crippen molar-refractivity contribution >= 4 is 23.1 Å². The molecule has 0 spiro atoms. The number of aliphatic hydroxyl groups excluding tert-OH is 1. The smallest absolute Gasteiger partial charge is 0.296 e. The number of piperidine rings is 1. The Kier molecular flexibility index (Phi) is 6.10. The van der Waals surface area contributed by atoms with E-state index in [-0.39, 0.29) is 11.5 Å². The van der Waals surface area contributed by atoms with E-state index in [1.54, 1.807) is 54.6 Å². The molecule has 1 aliphatic rings. The van der Waals surface area contributed by atoms with E-state index in [0.717, 1.165) is 19.3 Å². The predicted octanol–water partition coefficient (Wildman–Crippen LogP) is 4.28. The summed E-state index contributed by atoms with van der Waals surface area (Å²) in [6.07, 6.45) is 2.78. The van der Waals surface area contributed by atoms with Gasteiger partial charge in [0, 0.05) is 18.7 Å². The van der Waals surface area contributed by atoms with Crippen molar-refractivity contribution in [1.29, 1.82) is 0 Å². The molecule has 0 atom stereocenters. The number of ketones is 1. The summed E-state index contributed by atoms with van der Waals surface area (Å²) in [4.78, 5) is 26.9. The van der Waals surface area contributed by atoms with Gasteiger partial charge in [-0.05, 0) is 31.4 Å². The molecule has 0 radical (unpaired) electrons. The summed E-state index contributed by atoms with van der Waals surface area (Å²) < 4.78 is 0. The number of rotatable bonds is 5. The van der Waals surface area contributed by atoms with E-state index >= 15 is 0 Å². The summed E-state index contributed by atoms with van der Waals surface area (Å²) in [7, 11) is 0. The van der Waals surface area contributed by atoms with E-state index < -0.39 is 11.7 Å². The summed E-state index contributed by atoms with van der Waals surface area (Å²) in [5.74, 6) is -1.86. The largest absolute Gasteiger partial charge is 0.505 e. The fourth-order valence-corrected chi connectivity index (χ4v) is 2.88. The lowest BCUT2D eigenvalue weighted by atomic mass is 10.1. The highest BCUT2D eigenvalue weighted by molar-refractivity contribution is 6.43. The number of carbonyl (C=O) groups is 2. The van der Waals surface area contributed by atoms with Gasteiger partial charge in [-0.3, -0.25) is 9.59 Å². The van der Waals surface area contributed by atoms with Crippen LogP contribution in [0.5, 0.6) is 0 Å². The number of carbonyl (C=O) groups excluding carboxylic acids is 2. The van der Waals surface area contributed by atoms with E-state index in [9.17, 15) is 14.7 Å². The molecular formula is C21H21N3O3. The molecule has 6 nitrogen and oxygen atoms in total. The minimum absolute atomic E-state index is 0.347. The van der Waals surface area contributed by atoms with Crippen molar-refractivity contribution in [2.24, 2.45) is 10.2 Å². The third-order valence-corrected chi connectivity index (χ3v) is 4.35. The average Bonchev–Trinajstić information content (AvgIpc) is 2.75. The minimum Gasteiger partial charge on any atom is -0.505 e. The van der Waals surface area contributed by atoms with Crippen LogP contribution in [0.15, 0.2) is 76.6 Å². The molecule has 3 rings (SSSR count). The van der Waals surface area contributed by atoms with Crippen molar-refractivity contribution < 1.29 is 14.7 Å². The van der Waals surface area contributed by atoms with Crippen molar-refractivity contribution in [3.63, 3.8) is 0 Å². The number of aliphatic hydroxyl groups is 1. The molecule has 2 aromatic rings. The zero-order chi connectivity index (χ0) is 19.1. The number of hydrogen-bond acceptors (Lipinski definition) is 5. The number of Topliss-reactive ketones (excluding diaryl/α,β-unsaturated/α-hetero) is 1. The third-order valence-electron chi connectivity index (χ3n) is 4.35. The van der Waals surface area contributed by atoms with Gasteiger partial charge in [-0.25, -0.2) is 0 Å². The van der Waals surface area contributed by atoms with Gasteiger partial charge in [0.25, 0.3) is 11.7 Å². The molecule has 0 aliphatic carbocycles. The van der Waals surface area contributed by atoms with E-state index in [1.165, 1.54) is 4.90 Å². The Morgan fingerprint density at radius 1 is 0.852 bits per heavy atom. The van der Waals surface area contributed by atoms with Gasteiger partial charge in [-0.15, -0.1) is 5.11 Å². The highest BCUT2D eigenvalue weighted by atomic mass is 16.3. The summed E-state index contributed by atoms with van der Waals surface area (Å²) in [5, 5.41) is 18.6. The van der Waals surface area contributed by atoms with E-state index in [1.807, 2.05) is 6.07 Å². The molecule has 0 bridgehead atoms. The van der Waals surface area contributed by atoms with Crippen LogP contribution in [-0.2, 0) is 9.59 Å². The van der Waals surface area contributed by atoms with Crippen LogP contribution in [-0.4, -0.2) is 34.8 Å². The second-order valence-electron chi connectivity index (χ2n) is 6.28. The molecule has 27 heavy (non-hydrogen) atoms. The van der Waals surface area contributed by atoms with Gasteiger partial charge >= 0.3 is 0 Å². The topological polar surface area (TPSA) is 82.3 Å². The van der Waals surface area contributed by atoms with Gasteiger partial charge in [0.1, 0.15) is 0 Å². The molecule has 1 aliphatic heterocycles. The Balaban J connectivity index is 1.95. The summed E-state index contributed by atoms with van der Waals surface area (Å²) in [6, 6.07) is 17.4. The number of nitrogens with zero attached hydrogens (tertiary/aromatic N) is 3. The monoisotopic (exact) mass is 363 g/mol. The van der Waals surface area contributed by atoms with Crippen LogP contribution in [0.2, 0.25) is 0 Å². The van der Waals surface area contributed by atoms with Crippen LogP contribution >= 0.6 is 0 Å². The first-order valence-electron chi connectivity index (χ1n) is 8.96. The lowest BCUT2D eigenvalue weighted by molar-refractivity contribution is -0.143. The van der Waals surface area contributed by atoms with Crippen molar-refractivity contribution in [1.82, 2.24) is 4.90 Å². The number of hydrogen-bond donors (Lipinski definition) is 1. The number of benzene rings is 2. The maximum atomic E-state index is 12.8. The van der Waals surface area contributed by atoms with Gasteiger partial charge in [0.05, 0.1) is 5.69 Å². The zero-order valence-corrected chi connectivity index (χ0v) is 14.9. The SMILES string of the molecule is O=C(C(=O)N1CCCCC1)/C(N=Nc1ccccc1)=C(\O)c1ccccc1. The predicted molar refractivity (Wildman–Crippen MR) is 102 cm³/mol. The maximum absolute atomic E-state index is 12.8. The molecule has 138 valence electrons. The quantitative estimate of drug-likeness (QED) is 0.372. The fourth-order valence-electron chi connectivity index (χ4n) is 2.88. The molecule has 1 saturated heterocycles. The first-order valence-corrected chi connectivity index (χ1v) is 8.96. The molecule has 1 amide bonds. The molecule has 2 aromatic carbocycles. The molecule has 6 heteroatoms. The Bertz CT molecular complexity index is 855. The summed E-state index contributed by atoms with van der Waals surface area (Å²) in [6.45, 7) is 1.08. The van der Waals surface area contributed by atoms with Crippen molar-refractivity contribution in [3.05, 3.63) is 71.9 Å². The normalized spacial score (nSPS) is 15.5. The first kappa shape index (κ1) is 18.5. The number of amides is 1. The molecule has 0 saturated carbocycles. The molecular weight excluding hydrogens is 342 g/mol. The van der Waals surface area contributed by atoms with Crippen molar-refractivity contribution in [3.8, 4) is 0 Å². The standard InChI is InChI=1S/C21H21N3O3/c25-19(16-10-4-1-5-11-16)18(23-22-17-12-6-2-7-13-17)20(26)21(27)24-14-8-3-9-15-24/h1-2,4-7,10-13,25H,3,8-9,14-15H2/b19-18+,23-22?. The summed E-state index contributed by atoms with van der Waals surface area (Å²) >= 11 is 0. The van der Waals surface area contributed by atoms with Gasteiger partial charge in [-0.2, -0.15) is 5.11 Å². The van der Waals surface area contributed by atoms with Crippen LogP contribution in [0.4, 0.5) is 5.69 Å². The average molecular weight is 363 g/mol. The first-order chi connectivity index (χ1) is 13.2. The van der Waals surface area contributed by atoms with Crippen LogP contribution in [0.25, 0.3) is 5.76 Å². The lowest BCUT2D eigenvalue weighted by Gasteiger charge is -2.25. The van der Waals surface area contributed by atoms with Gasteiger partial charge in [0.15, 0.2) is 11.5 Å². The molecule has 1 heterocycles. The van der Waals surface area contributed by atoms with Gasteiger partial charge in [-0.1, -0.05) is 48.5 Å². The van der Waals surface area contributed by atoms with Crippen LogP contribution in [0.1, 0.15) is 24.8 Å². The molecule has 1 N–H and O–H groups in total. The highest BCUT2D eigenvalue weighted by Gasteiger charge is 2.29. The molecule has 0 unspecified atom stereocenters. The van der Waals surface area contributed by atoms with Crippen molar-refractivity contribution in [2.75, 3.05) is 13.1 Å². The Morgan fingerprint density at radius 2 is 1.44 bits per heavy atom. The highest BCUT2D eigenvalue weighted by Crippen LogP contribution is 2.22. The Hall–Kier alpha value is -3.28. The van der Waals surface area contributed by atoms with E-state index in [0.29, 0.717) is 24.3 Å². The van der Waals surface area contributed by atoms with Crippen LogP contribution in [0.3, 0.4) is 0 Å².